The molecule has 2 aromatic heterocycles. The zero-order valence-corrected chi connectivity index (χ0v) is 22.8. The van der Waals surface area contributed by atoms with Crippen molar-refractivity contribution >= 4 is 33.0 Å². The van der Waals surface area contributed by atoms with E-state index in [1.807, 2.05) is 16.5 Å². The SMILES string of the molecule is CCOc1cncc(-c2cnc(C(=O)N[C@@H](CN3CC[C@@](C)(O)C3)c3cccc(NS(=O)(=O)C(F)F)c3)s2)n1. The van der Waals surface area contributed by atoms with Crippen LogP contribution >= 0.6 is 11.3 Å². The number of sulfonamides is 1. The second-order valence-corrected chi connectivity index (χ2v) is 11.9. The topological polar surface area (TPSA) is 147 Å². The van der Waals surface area contributed by atoms with Crippen molar-refractivity contribution < 1.29 is 31.8 Å². The van der Waals surface area contributed by atoms with Crippen LogP contribution in [-0.4, -0.2) is 76.9 Å². The average molecular weight is 583 g/mol. The number of thiazole rings is 1. The monoisotopic (exact) mass is 582 g/mol. The van der Waals surface area contributed by atoms with Crippen LogP contribution in [0.5, 0.6) is 5.88 Å². The lowest BCUT2D eigenvalue weighted by molar-refractivity contribution is 0.0671. The highest BCUT2D eigenvalue weighted by molar-refractivity contribution is 7.93. The predicted octanol–water partition coefficient (Wildman–Crippen LogP) is 2.89. The maximum absolute atomic E-state index is 13.2. The molecular formula is C24H28F2N6O5S2. The quantitative estimate of drug-likeness (QED) is 0.311. The Hall–Kier alpha value is -3.27. The number of nitrogens with one attached hydrogen (secondary N) is 2. The molecule has 15 heteroatoms. The van der Waals surface area contributed by atoms with Gasteiger partial charge in [0.25, 0.3) is 15.9 Å². The average Bonchev–Trinajstić information content (AvgIpc) is 3.50. The molecule has 0 aliphatic carbocycles. The summed E-state index contributed by atoms with van der Waals surface area (Å²) in [5.41, 5.74) is 0.0263. The summed E-state index contributed by atoms with van der Waals surface area (Å²) in [6, 6.07) is 5.22. The van der Waals surface area contributed by atoms with E-state index in [9.17, 15) is 27.1 Å². The van der Waals surface area contributed by atoms with Gasteiger partial charge < -0.3 is 15.2 Å². The number of benzene rings is 1. The van der Waals surface area contributed by atoms with Crippen molar-refractivity contribution in [2.75, 3.05) is 31.0 Å². The Morgan fingerprint density at radius 1 is 1.31 bits per heavy atom. The Kier molecular flexibility index (Phi) is 8.73. The van der Waals surface area contributed by atoms with E-state index in [4.69, 9.17) is 4.74 Å². The van der Waals surface area contributed by atoms with Crippen molar-refractivity contribution in [3.8, 4) is 16.5 Å². The van der Waals surface area contributed by atoms with Crippen LogP contribution < -0.4 is 14.8 Å². The summed E-state index contributed by atoms with van der Waals surface area (Å²) in [6.07, 6.45) is 5.06. The van der Waals surface area contributed by atoms with Gasteiger partial charge in [-0.25, -0.2) is 18.4 Å². The number of hydrogen-bond acceptors (Lipinski definition) is 10. The molecule has 1 aliphatic rings. The van der Waals surface area contributed by atoms with Crippen LogP contribution in [0.1, 0.15) is 41.7 Å². The molecule has 2 atom stereocenters. The van der Waals surface area contributed by atoms with E-state index in [2.05, 4.69) is 20.3 Å². The number of likely N-dealkylation sites (tertiary alicyclic amines) is 1. The fraction of sp³-hybridized carbons (Fsp3) is 0.417. The molecule has 0 bridgehead atoms. The molecule has 4 rings (SSSR count). The number of alkyl halides is 2. The number of halogens is 2. The molecule has 1 aliphatic heterocycles. The third-order valence-corrected chi connectivity index (χ3v) is 7.93. The van der Waals surface area contributed by atoms with E-state index in [1.165, 1.54) is 36.8 Å². The van der Waals surface area contributed by atoms with E-state index in [0.29, 0.717) is 48.1 Å². The van der Waals surface area contributed by atoms with Gasteiger partial charge in [-0.05, 0) is 38.0 Å². The largest absolute Gasteiger partial charge is 0.477 e. The van der Waals surface area contributed by atoms with Gasteiger partial charge in [0.2, 0.25) is 5.88 Å². The summed E-state index contributed by atoms with van der Waals surface area (Å²) in [4.78, 5) is 28.5. The number of amides is 1. The first-order valence-electron chi connectivity index (χ1n) is 12.0. The van der Waals surface area contributed by atoms with Crippen molar-refractivity contribution in [2.24, 2.45) is 0 Å². The fourth-order valence-corrected chi connectivity index (χ4v) is 5.43. The minimum atomic E-state index is -4.87. The first-order valence-corrected chi connectivity index (χ1v) is 14.4. The number of anilines is 1. The molecule has 0 unspecified atom stereocenters. The lowest BCUT2D eigenvalue weighted by Crippen LogP contribution is -2.39. The molecule has 3 heterocycles. The second kappa shape index (κ2) is 11.9. The van der Waals surface area contributed by atoms with Crippen molar-refractivity contribution in [3.63, 3.8) is 0 Å². The van der Waals surface area contributed by atoms with Gasteiger partial charge in [-0.1, -0.05) is 12.1 Å². The second-order valence-electron chi connectivity index (χ2n) is 9.25. The standard InChI is InChI=1S/C24H28F2N6O5S2/c1-3-37-20-12-27-10-17(29-20)19-11-28-22(38-19)21(33)30-18(13-32-8-7-24(2,34)14-32)15-5-4-6-16(9-15)31-39(35,36)23(25)26/h4-6,9-12,18,23,31,34H,3,7-8,13-14H2,1-2H3,(H,30,33)/t18-,24+/m0/s1. The van der Waals surface area contributed by atoms with Gasteiger partial charge in [0.05, 0.1) is 35.5 Å². The van der Waals surface area contributed by atoms with E-state index in [1.54, 1.807) is 13.0 Å². The van der Waals surface area contributed by atoms with Crippen LogP contribution in [0.4, 0.5) is 14.5 Å². The maximum Gasteiger partial charge on any atom is 0.355 e. The molecule has 39 heavy (non-hydrogen) atoms. The summed E-state index contributed by atoms with van der Waals surface area (Å²) in [7, 11) is -4.87. The Balaban J connectivity index is 1.57. The first-order chi connectivity index (χ1) is 18.5. The van der Waals surface area contributed by atoms with E-state index < -0.39 is 33.3 Å². The number of β-amino-alcohol motifs (C(OH)–C–C–N with tert-alkyl or cyclic N) is 1. The van der Waals surface area contributed by atoms with Crippen LogP contribution in [0.2, 0.25) is 0 Å². The highest BCUT2D eigenvalue weighted by Gasteiger charge is 2.33. The van der Waals surface area contributed by atoms with Crippen LogP contribution in [0.25, 0.3) is 10.6 Å². The number of rotatable bonds is 11. The molecule has 0 spiro atoms. The Morgan fingerprint density at radius 3 is 2.79 bits per heavy atom. The minimum absolute atomic E-state index is 0.0650. The molecule has 1 aromatic carbocycles. The molecule has 210 valence electrons. The number of aliphatic hydroxyl groups is 1. The first kappa shape index (κ1) is 28.7. The number of ether oxygens (including phenoxy) is 1. The molecule has 1 fully saturated rings. The molecular weight excluding hydrogens is 554 g/mol. The number of carbonyl (C=O) groups excluding carboxylic acids is 1. The predicted molar refractivity (Wildman–Crippen MR) is 141 cm³/mol. The fourth-order valence-electron chi connectivity index (χ4n) is 4.12. The third-order valence-electron chi connectivity index (χ3n) is 5.92. The van der Waals surface area contributed by atoms with E-state index in [0.717, 1.165) is 11.3 Å². The highest BCUT2D eigenvalue weighted by Crippen LogP contribution is 2.28. The smallest absolute Gasteiger partial charge is 0.355 e. The van der Waals surface area contributed by atoms with Crippen LogP contribution in [-0.2, 0) is 10.0 Å². The third kappa shape index (κ3) is 7.44. The molecule has 11 nitrogen and oxygen atoms in total. The van der Waals surface area contributed by atoms with E-state index in [-0.39, 0.29) is 17.2 Å². The molecule has 0 radical (unpaired) electrons. The Labute approximate surface area is 228 Å². The number of carbonyl (C=O) groups is 1. The zero-order valence-electron chi connectivity index (χ0n) is 21.2. The van der Waals surface area contributed by atoms with Crippen molar-refractivity contribution in [2.45, 2.75) is 37.7 Å². The Bertz CT molecular complexity index is 1420. The minimum Gasteiger partial charge on any atom is -0.477 e. The maximum atomic E-state index is 13.2. The summed E-state index contributed by atoms with van der Waals surface area (Å²) < 4.78 is 56.4. The van der Waals surface area contributed by atoms with Crippen LogP contribution in [0.15, 0.2) is 42.9 Å². The number of aromatic nitrogens is 3. The number of hydrogen-bond donors (Lipinski definition) is 3. The van der Waals surface area contributed by atoms with Gasteiger partial charge in [0, 0.05) is 31.5 Å². The summed E-state index contributed by atoms with van der Waals surface area (Å²) >= 11 is 1.10. The van der Waals surface area contributed by atoms with Gasteiger partial charge in [-0.2, -0.15) is 8.78 Å². The summed E-state index contributed by atoms with van der Waals surface area (Å²) in [6.45, 7) is 5.20. The van der Waals surface area contributed by atoms with Crippen LogP contribution in [0, 0.1) is 0 Å². The summed E-state index contributed by atoms with van der Waals surface area (Å²) in [5.74, 6) is -3.74. The number of nitrogens with zero attached hydrogens (tertiary/aromatic N) is 4. The van der Waals surface area contributed by atoms with Gasteiger partial charge >= 0.3 is 5.76 Å². The normalized spacial score (nSPS) is 18.7. The molecule has 3 N–H and O–H groups in total. The van der Waals surface area contributed by atoms with Crippen molar-refractivity contribution in [1.82, 2.24) is 25.2 Å². The molecule has 1 amide bonds. The molecule has 0 saturated carbocycles. The van der Waals surface area contributed by atoms with Crippen LogP contribution in [0.3, 0.4) is 0 Å². The lowest BCUT2D eigenvalue weighted by atomic mass is 10.1. The van der Waals surface area contributed by atoms with Gasteiger partial charge in [-0.15, -0.1) is 11.3 Å². The zero-order chi connectivity index (χ0) is 28.2. The van der Waals surface area contributed by atoms with Gasteiger partial charge in [0.15, 0.2) is 5.01 Å². The summed E-state index contributed by atoms with van der Waals surface area (Å²) in [5, 5.41) is 13.5. The highest BCUT2D eigenvalue weighted by atomic mass is 32.2. The lowest BCUT2D eigenvalue weighted by Gasteiger charge is -2.26. The van der Waals surface area contributed by atoms with Gasteiger partial charge in [0.1, 0.15) is 5.69 Å². The van der Waals surface area contributed by atoms with Crippen molar-refractivity contribution in [1.29, 1.82) is 0 Å². The molecule has 3 aromatic rings. The van der Waals surface area contributed by atoms with E-state index >= 15 is 0 Å². The van der Waals surface area contributed by atoms with Crippen molar-refractivity contribution in [3.05, 3.63) is 53.4 Å². The molecule has 1 saturated heterocycles. The Morgan fingerprint density at radius 2 is 2.10 bits per heavy atom. The van der Waals surface area contributed by atoms with Gasteiger partial charge in [-0.3, -0.25) is 19.4 Å².